The van der Waals surface area contributed by atoms with Crippen LogP contribution in [0.3, 0.4) is 0 Å². The number of hydrogen-bond donors (Lipinski definition) is 1. The highest BCUT2D eigenvalue weighted by Crippen LogP contribution is 2.27. The summed E-state index contributed by atoms with van der Waals surface area (Å²) in [5.74, 6) is 0.794. The van der Waals surface area contributed by atoms with Crippen LogP contribution in [-0.4, -0.2) is 20.7 Å². The van der Waals surface area contributed by atoms with Gasteiger partial charge < -0.3 is 5.32 Å². The van der Waals surface area contributed by atoms with E-state index in [0.29, 0.717) is 5.82 Å². The van der Waals surface area contributed by atoms with Gasteiger partial charge in [0.05, 0.1) is 11.4 Å². The van der Waals surface area contributed by atoms with Crippen molar-refractivity contribution in [3.05, 3.63) is 47.0 Å². The molecule has 0 atom stereocenters. The summed E-state index contributed by atoms with van der Waals surface area (Å²) in [5.41, 5.74) is 4.07. The van der Waals surface area contributed by atoms with Gasteiger partial charge in [-0.1, -0.05) is 56.5 Å². The third kappa shape index (κ3) is 4.68. The normalized spacial score (nSPS) is 11.2. The molecule has 0 aliphatic rings. The van der Waals surface area contributed by atoms with Gasteiger partial charge in [-0.25, -0.2) is 4.98 Å². The fourth-order valence-corrected chi connectivity index (χ4v) is 4.08. The second-order valence-electron chi connectivity index (χ2n) is 7.23. The molecule has 1 N–H and O–H groups in total. The van der Waals surface area contributed by atoms with E-state index in [1.807, 2.05) is 18.4 Å². The molecular formula is C22H28N4OS. The first-order valence-corrected chi connectivity index (χ1v) is 10.8. The summed E-state index contributed by atoms with van der Waals surface area (Å²) >= 11 is 1.52. The first kappa shape index (κ1) is 20.3. The van der Waals surface area contributed by atoms with E-state index in [2.05, 4.69) is 55.5 Å². The van der Waals surface area contributed by atoms with E-state index >= 15 is 0 Å². The van der Waals surface area contributed by atoms with Gasteiger partial charge in [-0.2, -0.15) is 9.78 Å². The molecule has 148 valence electrons. The van der Waals surface area contributed by atoms with Gasteiger partial charge >= 0.3 is 0 Å². The maximum absolute atomic E-state index is 12.8. The first-order valence-electron chi connectivity index (χ1n) is 9.92. The Bertz CT molecular complexity index is 920. The maximum Gasteiger partial charge on any atom is 0.228 e. The van der Waals surface area contributed by atoms with E-state index < -0.39 is 0 Å². The number of rotatable bonds is 8. The molecule has 0 bridgehead atoms. The lowest BCUT2D eigenvalue weighted by Gasteiger charge is -2.15. The van der Waals surface area contributed by atoms with Crippen LogP contribution in [0.4, 0.5) is 5.82 Å². The molecule has 0 unspecified atom stereocenters. The largest absolute Gasteiger partial charge is 0.310 e. The van der Waals surface area contributed by atoms with Gasteiger partial charge in [0.15, 0.2) is 0 Å². The van der Waals surface area contributed by atoms with Gasteiger partial charge in [0, 0.05) is 22.9 Å². The van der Waals surface area contributed by atoms with E-state index in [9.17, 15) is 4.79 Å². The van der Waals surface area contributed by atoms with Crippen molar-refractivity contribution < 1.29 is 4.79 Å². The number of carbonyl (C=O) groups excluding carboxylic acids is 1. The minimum atomic E-state index is 0.0399. The Morgan fingerprint density at radius 1 is 1.14 bits per heavy atom. The zero-order valence-corrected chi connectivity index (χ0v) is 17.8. The highest BCUT2D eigenvalue weighted by molar-refractivity contribution is 7.12. The van der Waals surface area contributed by atoms with E-state index in [4.69, 9.17) is 4.98 Å². The van der Waals surface area contributed by atoms with Crippen molar-refractivity contribution in [2.75, 3.05) is 5.32 Å². The van der Waals surface area contributed by atoms with Crippen LogP contribution >= 0.6 is 11.3 Å². The predicted molar refractivity (Wildman–Crippen MR) is 116 cm³/mol. The quantitative estimate of drug-likeness (QED) is 0.526. The zero-order chi connectivity index (χ0) is 20.1. The van der Waals surface area contributed by atoms with Crippen LogP contribution < -0.4 is 5.32 Å². The molecule has 1 aromatic carbocycles. The third-order valence-electron chi connectivity index (χ3n) is 4.75. The average Bonchev–Trinajstić information content (AvgIpc) is 3.29. The van der Waals surface area contributed by atoms with E-state index in [1.165, 1.54) is 16.9 Å². The number of benzene rings is 1. The molecule has 0 fully saturated rings. The minimum Gasteiger partial charge on any atom is -0.310 e. The average molecular weight is 397 g/mol. The Balaban J connectivity index is 1.84. The Kier molecular flexibility index (Phi) is 6.62. The molecule has 0 aliphatic carbocycles. The van der Waals surface area contributed by atoms with Gasteiger partial charge in [-0.3, -0.25) is 4.79 Å². The Labute approximate surface area is 170 Å². The second-order valence-corrected chi connectivity index (χ2v) is 8.06. The fourth-order valence-electron chi connectivity index (χ4n) is 3.28. The number of nitrogens with zero attached hydrogens (tertiary/aromatic N) is 3. The standard InChI is InChI=1S/C22H28N4OS/c1-5-7-18(8-6-2)21(27)24-20-13-16(4)25-26(20)22-23-19(14-28-22)17-11-9-15(3)10-12-17/h9-14,18H,5-8H2,1-4H3,(H,24,27). The van der Waals surface area contributed by atoms with Crippen molar-refractivity contribution in [3.63, 3.8) is 0 Å². The van der Waals surface area contributed by atoms with Crippen molar-refractivity contribution in [2.45, 2.75) is 53.4 Å². The van der Waals surface area contributed by atoms with Crippen LogP contribution in [0.25, 0.3) is 16.4 Å². The van der Waals surface area contributed by atoms with Crippen LogP contribution in [0.1, 0.15) is 50.8 Å². The molecule has 3 rings (SSSR count). The van der Waals surface area contributed by atoms with E-state index in [0.717, 1.165) is 47.8 Å². The van der Waals surface area contributed by atoms with Crippen LogP contribution in [0, 0.1) is 19.8 Å². The van der Waals surface area contributed by atoms with Gasteiger partial charge in [0.1, 0.15) is 5.82 Å². The smallest absolute Gasteiger partial charge is 0.228 e. The SMILES string of the molecule is CCCC(CCC)C(=O)Nc1cc(C)nn1-c1nc(-c2ccc(C)cc2)cs1. The summed E-state index contributed by atoms with van der Waals surface area (Å²) in [6.07, 6.45) is 3.81. The topological polar surface area (TPSA) is 59.8 Å². The highest BCUT2D eigenvalue weighted by atomic mass is 32.1. The van der Waals surface area contributed by atoms with Crippen molar-refractivity contribution in [3.8, 4) is 16.4 Å². The maximum atomic E-state index is 12.8. The van der Waals surface area contributed by atoms with Gasteiger partial charge in [0.25, 0.3) is 0 Å². The first-order chi connectivity index (χ1) is 13.5. The molecule has 2 aromatic heterocycles. The van der Waals surface area contributed by atoms with Crippen molar-refractivity contribution in [1.82, 2.24) is 14.8 Å². The van der Waals surface area contributed by atoms with Crippen LogP contribution in [0.2, 0.25) is 0 Å². The Morgan fingerprint density at radius 2 is 1.82 bits per heavy atom. The van der Waals surface area contributed by atoms with E-state index in [1.54, 1.807) is 4.68 Å². The summed E-state index contributed by atoms with van der Waals surface area (Å²) in [5, 5.41) is 10.4. The molecule has 1 amide bonds. The van der Waals surface area contributed by atoms with Crippen molar-refractivity contribution >= 4 is 23.1 Å². The number of hydrogen-bond acceptors (Lipinski definition) is 4. The molecule has 6 heteroatoms. The lowest BCUT2D eigenvalue weighted by Crippen LogP contribution is -2.24. The molecule has 2 heterocycles. The molecule has 0 saturated carbocycles. The molecule has 5 nitrogen and oxygen atoms in total. The van der Waals surface area contributed by atoms with Crippen LogP contribution in [-0.2, 0) is 4.79 Å². The Morgan fingerprint density at radius 3 is 2.46 bits per heavy atom. The van der Waals surface area contributed by atoms with Gasteiger partial charge in [-0.15, -0.1) is 11.3 Å². The number of aromatic nitrogens is 3. The van der Waals surface area contributed by atoms with Crippen molar-refractivity contribution in [2.24, 2.45) is 5.92 Å². The van der Waals surface area contributed by atoms with Gasteiger partial charge in [-0.05, 0) is 26.7 Å². The molecule has 0 saturated heterocycles. The summed E-state index contributed by atoms with van der Waals surface area (Å²) in [7, 11) is 0. The predicted octanol–water partition coefficient (Wildman–Crippen LogP) is 5.77. The molecular weight excluding hydrogens is 368 g/mol. The summed E-state index contributed by atoms with van der Waals surface area (Å²) in [4.78, 5) is 17.5. The number of thiazole rings is 1. The molecule has 0 aliphatic heterocycles. The number of aryl methyl sites for hydroxylation is 2. The highest BCUT2D eigenvalue weighted by Gasteiger charge is 2.20. The zero-order valence-electron chi connectivity index (χ0n) is 17.0. The monoisotopic (exact) mass is 396 g/mol. The second kappa shape index (κ2) is 9.15. The number of nitrogens with one attached hydrogen (secondary N) is 1. The van der Waals surface area contributed by atoms with Crippen molar-refractivity contribution in [1.29, 1.82) is 0 Å². The summed E-state index contributed by atoms with van der Waals surface area (Å²) < 4.78 is 1.74. The molecule has 3 aromatic rings. The number of anilines is 1. The van der Waals surface area contributed by atoms with Crippen LogP contribution in [0.15, 0.2) is 35.7 Å². The Hall–Kier alpha value is -2.47. The lowest BCUT2D eigenvalue weighted by molar-refractivity contribution is -0.120. The lowest BCUT2D eigenvalue weighted by atomic mass is 9.97. The summed E-state index contributed by atoms with van der Waals surface area (Å²) in [6.45, 7) is 8.23. The molecule has 0 spiro atoms. The molecule has 28 heavy (non-hydrogen) atoms. The number of amides is 1. The third-order valence-corrected chi connectivity index (χ3v) is 5.56. The van der Waals surface area contributed by atoms with Gasteiger partial charge in [0.2, 0.25) is 11.0 Å². The fraction of sp³-hybridized carbons (Fsp3) is 0.409. The van der Waals surface area contributed by atoms with Crippen LogP contribution in [0.5, 0.6) is 0 Å². The number of carbonyl (C=O) groups is 1. The minimum absolute atomic E-state index is 0.0399. The van der Waals surface area contributed by atoms with E-state index in [-0.39, 0.29) is 11.8 Å². The summed E-state index contributed by atoms with van der Waals surface area (Å²) in [6, 6.07) is 10.2. The molecule has 0 radical (unpaired) electrons.